The second-order valence-electron chi connectivity index (χ2n) is 10.8. The van der Waals surface area contributed by atoms with Gasteiger partial charge in [-0.05, 0) is 75.2 Å². The normalized spacial score (nSPS) is 18.6. The van der Waals surface area contributed by atoms with Gasteiger partial charge in [0.25, 0.3) is 0 Å². The molecule has 2 saturated heterocycles. The monoisotopic (exact) mass is 594 g/mol. The summed E-state index contributed by atoms with van der Waals surface area (Å²) in [5, 5.41) is 12.7. The smallest absolute Gasteiger partial charge is 0.416 e. The average Bonchev–Trinajstić information content (AvgIpc) is 3.41. The van der Waals surface area contributed by atoms with Crippen LogP contribution in [0.5, 0.6) is 5.88 Å². The van der Waals surface area contributed by atoms with Crippen LogP contribution in [0.4, 0.5) is 23.7 Å². The van der Waals surface area contributed by atoms with Gasteiger partial charge in [-0.3, -0.25) is 4.98 Å². The number of nitrogens with zero attached hydrogens (tertiary/aromatic N) is 5. The molecular formula is C31H33F3N6O3. The Bertz CT molecular complexity index is 1480. The van der Waals surface area contributed by atoms with Crippen LogP contribution in [0.2, 0.25) is 0 Å². The topological polar surface area (TPSA) is 104 Å². The molecule has 1 atom stereocenters. The number of benzene rings is 1. The largest absolute Gasteiger partial charge is 0.477 e. The summed E-state index contributed by atoms with van der Waals surface area (Å²) >= 11 is 0. The molecule has 0 spiro atoms. The molecule has 2 aromatic heterocycles. The molecule has 0 aliphatic carbocycles. The van der Waals surface area contributed by atoms with Crippen LogP contribution >= 0.6 is 0 Å². The van der Waals surface area contributed by atoms with Crippen molar-refractivity contribution in [3.8, 4) is 23.2 Å². The Labute approximate surface area is 248 Å². The summed E-state index contributed by atoms with van der Waals surface area (Å²) in [7, 11) is 1.97. The summed E-state index contributed by atoms with van der Waals surface area (Å²) in [6.45, 7) is 4.59. The van der Waals surface area contributed by atoms with E-state index in [2.05, 4.69) is 20.2 Å². The predicted molar refractivity (Wildman–Crippen MR) is 153 cm³/mol. The maximum absolute atomic E-state index is 13.3. The van der Waals surface area contributed by atoms with Crippen LogP contribution in [0.25, 0.3) is 11.3 Å². The van der Waals surface area contributed by atoms with Crippen molar-refractivity contribution in [1.29, 1.82) is 5.26 Å². The quantitative estimate of drug-likeness (QED) is 0.390. The molecule has 5 rings (SSSR count). The maximum atomic E-state index is 13.3. The standard InChI is InChI=1S/C31H33F3N6O3/c1-3-42-28-25(5-4-13-36-28)26-8-6-23(19-37-26)30(38-29(41)43-24-10-14-39(2)20-24)11-15-40(16-12-30)27-9-7-22(31(32,33)34)17-21(27)18-35/h4-9,13,17,19,24H,3,10-12,14-16,20H2,1-2H3,(H,38,41)/t24-/m0/s1. The second kappa shape index (κ2) is 12.5. The number of likely N-dealkylation sites (N-methyl/N-ethyl adjacent to an activating group) is 1. The fraction of sp³-hybridized carbons (Fsp3) is 0.419. The number of alkyl carbamates (subject to hydrolysis) is 1. The minimum atomic E-state index is -4.54. The van der Waals surface area contributed by atoms with Gasteiger partial charge in [-0.1, -0.05) is 6.07 Å². The van der Waals surface area contributed by atoms with E-state index in [1.54, 1.807) is 18.5 Å². The van der Waals surface area contributed by atoms with Crippen molar-refractivity contribution in [3.05, 3.63) is 71.5 Å². The molecule has 43 heavy (non-hydrogen) atoms. The van der Waals surface area contributed by atoms with E-state index in [1.807, 2.05) is 43.1 Å². The number of ether oxygens (including phenoxy) is 2. The van der Waals surface area contributed by atoms with Gasteiger partial charge in [0.15, 0.2) is 0 Å². The minimum Gasteiger partial charge on any atom is -0.477 e. The lowest BCUT2D eigenvalue weighted by Gasteiger charge is -2.43. The number of pyridine rings is 2. The molecule has 2 fully saturated rings. The molecule has 9 nitrogen and oxygen atoms in total. The Morgan fingerprint density at radius 2 is 1.95 bits per heavy atom. The summed E-state index contributed by atoms with van der Waals surface area (Å²) in [6, 6.07) is 12.6. The van der Waals surface area contributed by atoms with Crippen molar-refractivity contribution in [3.63, 3.8) is 0 Å². The molecule has 226 valence electrons. The Morgan fingerprint density at radius 3 is 2.58 bits per heavy atom. The van der Waals surface area contributed by atoms with Crippen LogP contribution in [-0.2, 0) is 16.5 Å². The molecule has 3 aromatic rings. The van der Waals surface area contributed by atoms with Crippen molar-refractivity contribution in [1.82, 2.24) is 20.2 Å². The number of hydrogen-bond donors (Lipinski definition) is 1. The van der Waals surface area contributed by atoms with Crippen molar-refractivity contribution in [2.75, 3.05) is 44.7 Å². The first-order valence-corrected chi connectivity index (χ1v) is 14.2. The highest BCUT2D eigenvalue weighted by Gasteiger charge is 2.40. The van der Waals surface area contributed by atoms with E-state index < -0.39 is 23.4 Å². The number of carbonyl (C=O) groups excluding carboxylic acids is 1. The van der Waals surface area contributed by atoms with Gasteiger partial charge in [-0.2, -0.15) is 18.4 Å². The van der Waals surface area contributed by atoms with Gasteiger partial charge in [0, 0.05) is 38.6 Å². The van der Waals surface area contributed by atoms with Crippen molar-refractivity contribution < 1.29 is 27.4 Å². The molecule has 0 unspecified atom stereocenters. The Balaban J connectivity index is 1.41. The summed E-state index contributed by atoms with van der Waals surface area (Å²) in [5.74, 6) is 0.473. The lowest BCUT2D eigenvalue weighted by atomic mass is 9.81. The third kappa shape index (κ3) is 6.67. The number of anilines is 1. The first-order valence-electron chi connectivity index (χ1n) is 14.2. The lowest BCUT2D eigenvalue weighted by Crippen LogP contribution is -2.54. The zero-order valence-corrected chi connectivity index (χ0v) is 24.0. The van der Waals surface area contributed by atoms with Crippen molar-refractivity contribution >= 4 is 11.8 Å². The molecule has 2 aliphatic heterocycles. The molecule has 1 N–H and O–H groups in total. The fourth-order valence-corrected chi connectivity index (χ4v) is 5.73. The zero-order chi connectivity index (χ0) is 30.6. The molecular weight excluding hydrogens is 561 g/mol. The zero-order valence-electron chi connectivity index (χ0n) is 24.0. The van der Waals surface area contributed by atoms with E-state index in [4.69, 9.17) is 9.47 Å². The fourth-order valence-electron chi connectivity index (χ4n) is 5.73. The summed E-state index contributed by atoms with van der Waals surface area (Å²) in [4.78, 5) is 26.1. The summed E-state index contributed by atoms with van der Waals surface area (Å²) < 4.78 is 51.2. The molecule has 0 saturated carbocycles. The number of amides is 1. The molecule has 0 bridgehead atoms. The minimum absolute atomic E-state index is 0.0485. The van der Waals surface area contributed by atoms with Crippen LogP contribution in [-0.4, -0.2) is 66.9 Å². The number of hydrogen-bond acceptors (Lipinski definition) is 8. The number of rotatable bonds is 7. The molecule has 12 heteroatoms. The van der Waals surface area contributed by atoms with E-state index in [0.29, 0.717) is 56.3 Å². The van der Waals surface area contributed by atoms with E-state index in [9.17, 15) is 23.2 Å². The van der Waals surface area contributed by atoms with Gasteiger partial charge >= 0.3 is 12.3 Å². The number of aromatic nitrogens is 2. The molecule has 4 heterocycles. The predicted octanol–water partition coefficient (Wildman–Crippen LogP) is 5.36. The second-order valence-corrected chi connectivity index (χ2v) is 10.8. The number of nitriles is 1. The molecule has 2 aliphatic rings. The van der Waals surface area contributed by atoms with Crippen LogP contribution in [0, 0.1) is 11.3 Å². The van der Waals surface area contributed by atoms with Gasteiger partial charge in [0.1, 0.15) is 12.2 Å². The number of likely N-dealkylation sites (tertiary alicyclic amines) is 1. The lowest BCUT2D eigenvalue weighted by molar-refractivity contribution is -0.137. The molecule has 0 radical (unpaired) electrons. The molecule has 1 amide bonds. The van der Waals surface area contributed by atoms with Crippen LogP contribution < -0.4 is 15.0 Å². The van der Waals surface area contributed by atoms with Crippen molar-refractivity contribution in [2.45, 2.75) is 44.0 Å². The first-order chi connectivity index (χ1) is 20.6. The highest BCUT2D eigenvalue weighted by atomic mass is 19.4. The first kappa shape index (κ1) is 30.1. The number of nitrogens with one attached hydrogen (secondary N) is 1. The number of halogens is 3. The third-order valence-electron chi connectivity index (χ3n) is 8.01. The van der Waals surface area contributed by atoms with E-state index in [1.165, 1.54) is 6.07 Å². The highest BCUT2D eigenvalue weighted by Crippen LogP contribution is 2.38. The van der Waals surface area contributed by atoms with Gasteiger partial charge in [-0.15, -0.1) is 0 Å². The van der Waals surface area contributed by atoms with Crippen LogP contribution in [0.15, 0.2) is 54.9 Å². The Morgan fingerprint density at radius 1 is 1.16 bits per heavy atom. The van der Waals surface area contributed by atoms with Crippen LogP contribution in [0.1, 0.15) is 42.9 Å². The van der Waals surface area contributed by atoms with E-state index in [0.717, 1.165) is 36.2 Å². The maximum Gasteiger partial charge on any atom is 0.416 e. The van der Waals surface area contributed by atoms with Crippen LogP contribution in [0.3, 0.4) is 0 Å². The highest BCUT2D eigenvalue weighted by molar-refractivity contribution is 5.70. The Hall–Kier alpha value is -4.37. The molecule has 1 aromatic carbocycles. The van der Waals surface area contributed by atoms with Crippen molar-refractivity contribution in [2.24, 2.45) is 0 Å². The number of piperidine rings is 1. The third-order valence-corrected chi connectivity index (χ3v) is 8.01. The number of alkyl halides is 3. The van der Waals surface area contributed by atoms with Gasteiger partial charge in [0.2, 0.25) is 5.88 Å². The van der Waals surface area contributed by atoms with Gasteiger partial charge in [0.05, 0.1) is 40.2 Å². The SMILES string of the molecule is CCOc1ncccc1-c1ccc(C2(NC(=O)O[C@H]3CCN(C)C3)CCN(c3ccc(C(F)(F)F)cc3C#N)CC2)cn1. The van der Waals surface area contributed by atoms with E-state index >= 15 is 0 Å². The Kier molecular flexibility index (Phi) is 8.73. The average molecular weight is 595 g/mol. The summed E-state index contributed by atoms with van der Waals surface area (Å²) in [5.41, 5.74) is 0.832. The van der Waals surface area contributed by atoms with Gasteiger partial charge < -0.3 is 24.6 Å². The van der Waals surface area contributed by atoms with Gasteiger partial charge in [-0.25, -0.2) is 9.78 Å². The number of carbonyl (C=O) groups is 1. The summed E-state index contributed by atoms with van der Waals surface area (Å²) in [6.07, 6.45) is -0.343. The van der Waals surface area contributed by atoms with E-state index in [-0.39, 0.29) is 11.7 Å².